The fraction of sp³-hybridized carbons (Fsp3) is 0.167. The van der Waals surface area contributed by atoms with Crippen LogP contribution in [-0.2, 0) is 0 Å². The van der Waals surface area contributed by atoms with Gasteiger partial charge < -0.3 is 10.5 Å². The number of rotatable bonds is 1. The lowest BCUT2D eigenvalue weighted by Gasteiger charge is -1.97. The zero-order valence-electron chi connectivity index (χ0n) is 5.94. The van der Waals surface area contributed by atoms with Crippen LogP contribution in [0.15, 0.2) is 12.4 Å². The lowest BCUT2D eigenvalue weighted by molar-refractivity contribution is 0.210. The molecule has 0 saturated carbocycles. The first-order valence-electron chi connectivity index (χ1n) is 2.94. The summed E-state index contributed by atoms with van der Waals surface area (Å²) in [4.78, 5) is 17.8. The Morgan fingerprint density at radius 2 is 2.09 bits per heavy atom. The van der Waals surface area contributed by atoms with E-state index in [1.54, 1.807) is 6.92 Å². The standard InChI is InChI=1S/C6H7N3O2/c1-4-8-2-5(3-9-4)11-6(7)10/h2-3H,1H3,(H2,7,10). The molecule has 5 heteroatoms. The van der Waals surface area contributed by atoms with E-state index < -0.39 is 6.09 Å². The summed E-state index contributed by atoms with van der Waals surface area (Å²) in [6.45, 7) is 1.73. The van der Waals surface area contributed by atoms with Gasteiger partial charge in [0.1, 0.15) is 5.82 Å². The molecule has 1 aromatic heterocycles. The molecule has 1 aromatic rings. The lowest BCUT2D eigenvalue weighted by atomic mass is 10.6. The van der Waals surface area contributed by atoms with E-state index in [0.717, 1.165) is 0 Å². The zero-order chi connectivity index (χ0) is 8.27. The van der Waals surface area contributed by atoms with E-state index in [1.165, 1.54) is 12.4 Å². The van der Waals surface area contributed by atoms with Gasteiger partial charge in [-0.15, -0.1) is 0 Å². The van der Waals surface area contributed by atoms with E-state index >= 15 is 0 Å². The number of aryl methyl sites for hydroxylation is 1. The van der Waals surface area contributed by atoms with E-state index in [2.05, 4.69) is 14.7 Å². The molecule has 0 aliphatic rings. The average Bonchev–Trinajstić information content (AvgIpc) is 1.93. The Hall–Kier alpha value is -1.65. The van der Waals surface area contributed by atoms with Crippen LogP contribution in [0.5, 0.6) is 5.75 Å². The van der Waals surface area contributed by atoms with Gasteiger partial charge in [0.2, 0.25) is 0 Å². The summed E-state index contributed by atoms with van der Waals surface area (Å²) in [6.07, 6.45) is 1.90. The molecule has 0 bridgehead atoms. The largest absolute Gasteiger partial charge is 0.410 e. The zero-order valence-corrected chi connectivity index (χ0v) is 5.94. The summed E-state index contributed by atoms with van der Waals surface area (Å²) < 4.78 is 4.48. The number of carbonyl (C=O) groups is 1. The molecule has 0 aromatic carbocycles. The molecule has 11 heavy (non-hydrogen) atoms. The fourth-order valence-electron chi connectivity index (χ4n) is 0.550. The van der Waals surface area contributed by atoms with Crippen molar-refractivity contribution in [2.45, 2.75) is 6.92 Å². The molecule has 0 saturated heterocycles. The Labute approximate surface area is 63.2 Å². The second-order valence-electron chi connectivity index (χ2n) is 1.89. The van der Waals surface area contributed by atoms with Crippen LogP contribution in [-0.4, -0.2) is 16.1 Å². The third-order valence-corrected chi connectivity index (χ3v) is 0.976. The minimum atomic E-state index is -0.863. The van der Waals surface area contributed by atoms with Crippen molar-refractivity contribution in [1.82, 2.24) is 9.97 Å². The smallest absolute Gasteiger partial charge is 0.407 e. The van der Waals surface area contributed by atoms with Crippen LogP contribution in [0, 0.1) is 6.92 Å². The Balaban J connectivity index is 2.74. The Kier molecular flexibility index (Phi) is 2.00. The maximum Gasteiger partial charge on any atom is 0.410 e. The number of amides is 1. The quantitative estimate of drug-likeness (QED) is 0.626. The highest BCUT2D eigenvalue weighted by Gasteiger charge is 1.97. The van der Waals surface area contributed by atoms with Gasteiger partial charge in [-0.1, -0.05) is 0 Å². The summed E-state index contributed by atoms with van der Waals surface area (Å²) in [7, 11) is 0. The van der Waals surface area contributed by atoms with Crippen molar-refractivity contribution in [3.05, 3.63) is 18.2 Å². The van der Waals surface area contributed by atoms with Crippen molar-refractivity contribution in [3.63, 3.8) is 0 Å². The Morgan fingerprint density at radius 3 is 2.55 bits per heavy atom. The summed E-state index contributed by atoms with van der Waals surface area (Å²) in [5.74, 6) is 0.866. The normalized spacial score (nSPS) is 9.18. The molecule has 1 rings (SSSR count). The van der Waals surface area contributed by atoms with Crippen LogP contribution < -0.4 is 10.5 Å². The molecule has 0 spiro atoms. The summed E-state index contributed by atoms with van der Waals surface area (Å²) in [6, 6.07) is 0. The van der Waals surface area contributed by atoms with E-state index in [-0.39, 0.29) is 5.75 Å². The molecule has 58 valence electrons. The van der Waals surface area contributed by atoms with E-state index in [0.29, 0.717) is 5.82 Å². The van der Waals surface area contributed by atoms with Crippen molar-refractivity contribution in [2.24, 2.45) is 5.73 Å². The van der Waals surface area contributed by atoms with Crippen molar-refractivity contribution >= 4 is 6.09 Å². The highest BCUT2D eigenvalue weighted by Crippen LogP contribution is 2.04. The van der Waals surface area contributed by atoms with Gasteiger partial charge in [-0.05, 0) is 6.92 Å². The molecule has 0 aliphatic heterocycles. The van der Waals surface area contributed by atoms with E-state index in [1.807, 2.05) is 0 Å². The number of aromatic nitrogens is 2. The third kappa shape index (κ3) is 2.21. The van der Waals surface area contributed by atoms with Gasteiger partial charge >= 0.3 is 6.09 Å². The predicted molar refractivity (Wildman–Crippen MR) is 37.0 cm³/mol. The van der Waals surface area contributed by atoms with Crippen LogP contribution >= 0.6 is 0 Å². The highest BCUT2D eigenvalue weighted by molar-refractivity contribution is 5.67. The minimum Gasteiger partial charge on any atom is -0.407 e. The maximum absolute atomic E-state index is 10.2. The number of nitrogens with two attached hydrogens (primary N) is 1. The third-order valence-electron chi connectivity index (χ3n) is 0.976. The average molecular weight is 153 g/mol. The second-order valence-corrected chi connectivity index (χ2v) is 1.89. The molecule has 0 fully saturated rings. The minimum absolute atomic E-state index is 0.253. The number of ether oxygens (including phenoxy) is 1. The fourth-order valence-corrected chi connectivity index (χ4v) is 0.550. The van der Waals surface area contributed by atoms with Crippen molar-refractivity contribution < 1.29 is 9.53 Å². The van der Waals surface area contributed by atoms with Gasteiger partial charge in [-0.25, -0.2) is 14.8 Å². The van der Waals surface area contributed by atoms with E-state index in [4.69, 9.17) is 5.73 Å². The number of nitrogens with zero attached hydrogens (tertiary/aromatic N) is 2. The number of hydrogen-bond acceptors (Lipinski definition) is 4. The first kappa shape index (κ1) is 7.46. The maximum atomic E-state index is 10.2. The van der Waals surface area contributed by atoms with Crippen LogP contribution in [0.2, 0.25) is 0 Å². The number of carbonyl (C=O) groups excluding carboxylic acids is 1. The highest BCUT2D eigenvalue weighted by atomic mass is 16.5. The monoisotopic (exact) mass is 153 g/mol. The molecule has 5 nitrogen and oxygen atoms in total. The summed E-state index contributed by atoms with van der Waals surface area (Å²) in [5.41, 5.74) is 4.75. The lowest BCUT2D eigenvalue weighted by Crippen LogP contribution is -2.16. The van der Waals surface area contributed by atoms with Gasteiger partial charge in [0.25, 0.3) is 0 Å². The van der Waals surface area contributed by atoms with Crippen molar-refractivity contribution in [1.29, 1.82) is 0 Å². The molecule has 2 N–H and O–H groups in total. The Morgan fingerprint density at radius 1 is 1.55 bits per heavy atom. The van der Waals surface area contributed by atoms with Crippen LogP contribution in [0.25, 0.3) is 0 Å². The molecule has 0 radical (unpaired) electrons. The number of hydrogen-bond donors (Lipinski definition) is 1. The molecule has 0 atom stereocenters. The number of primary amides is 1. The first-order chi connectivity index (χ1) is 5.18. The van der Waals surface area contributed by atoms with Gasteiger partial charge in [0, 0.05) is 0 Å². The molecular formula is C6H7N3O2. The SMILES string of the molecule is Cc1ncc(OC(N)=O)cn1. The van der Waals surface area contributed by atoms with Crippen LogP contribution in [0.1, 0.15) is 5.82 Å². The molecule has 1 heterocycles. The summed E-state index contributed by atoms with van der Waals surface area (Å²) in [5, 5.41) is 0. The van der Waals surface area contributed by atoms with Gasteiger partial charge in [-0.2, -0.15) is 0 Å². The molecule has 0 unspecified atom stereocenters. The van der Waals surface area contributed by atoms with Crippen molar-refractivity contribution in [3.8, 4) is 5.75 Å². The van der Waals surface area contributed by atoms with Crippen LogP contribution in [0.3, 0.4) is 0 Å². The Bertz CT molecular complexity index is 257. The summed E-state index contributed by atoms with van der Waals surface area (Å²) >= 11 is 0. The van der Waals surface area contributed by atoms with Crippen molar-refractivity contribution in [2.75, 3.05) is 0 Å². The second kappa shape index (κ2) is 2.96. The molecule has 1 amide bonds. The van der Waals surface area contributed by atoms with Crippen LogP contribution in [0.4, 0.5) is 4.79 Å². The predicted octanol–water partition coefficient (Wildman–Crippen LogP) is 0.243. The van der Waals surface area contributed by atoms with Gasteiger partial charge in [0.15, 0.2) is 5.75 Å². The molecule has 0 aliphatic carbocycles. The van der Waals surface area contributed by atoms with E-state index in [9.17, 15) is 4.79 Å². The van der Waals surface area contributed by atoms with Gasteiger partial charge in [0.05, 0.1) is 12.4 Å². The molecular weight excluding hydrogens is 146 g/mol. The first-order valence-corrected chi connectivity index (χ1v) is 2.94. The topological polar surface area (TPSA) is 78.1 Å². The van der Waals surface area contributed by atoms with Gasteiger partial charge in [-0.3, -0.25) is 0 Å².